The molecule has 1 aliphatic rings. The molecule has 0 unspecified atom stereocenters. The van der Waals surface area contributed by atoms with Crippen LogP contribution in [0.4, 0.5) is 0 Å². The summed E-state index contributed by atoms with van der Waals surface area (Å²) in [5, 5.41) is 0. The van der Waals surface area contributed by atoms with Gasteiger partial charge in [-0.2, -0.15) is 0 Å². The van der Waals surface area contributed by atoms with Crippen molar-refractivity contribution < 1.29 is 4.74 Å². The van der Waals surface area contributed by atoms with Crippen LogP contribution in [0.1, 0.15) is 39.0 Å². The Morgan fingerprint density at radius 2 is 1.94 bits per heavy atom. The Kier molecular flexibility index (Phi) is 5.39. The molecule has 0 radical (unpaired) electrons. The molecule has 4 heteroatoms. The van der Waals surface area contributed by atoms with E-state index in [1.165, 1.54) is 25.8 Å². The van der Waals surface area contributed by atoms with Gasteiger partial charge >= 0.3 is 6.01 Å². The molecule has 18 heavy (non-hydrogen) atoms. The monoisotopic (exact) mass is 249 g/mol. The summed E-state index contributed by atoms with van der Waals surface area (Å²) in [6.07, 6.45) is 9.87. The van der Waals surface area contributed by atoms with E-state index in [9.17, 15) is 0 Å². The van der Waals surface area contributed by atoms with Crippen LogP contribution in [0.5, 0.6) is 6.01 Å². The van der Waals surface area contributed by atoms with E-state index < -0.39 is 0 Å². The second-order valence-electron chi connectivity index (χ2n) is 4.90. The van der Waals surface area contributed by atoms with E-state index >= 15 is 0 Å². The summed E-state index contributed by atoms with van der Waals surface area (Å²) in [5.74, 6) is 0. The van der Waals surface area contributed by atoms with Gasteiger partial charge in [-0.25, -0.2) is 9.97 Å². The zero-order valence-electron chi connectivity index (χ0n) is 11.2. The number of nitrogens with zero attached hydrogens (tertiary/aromatic N) is 3. The first kappa shape index (κ1) is 13.3. The average molecular weight is 249 g/mol. The van der Waals surface area contributed by atoms with Crippen molar-refractivity contribution in [2.24, 2.45) is 0 Å². The lowest BCUT2D eigenvalue weighted by atomic mass is 10.1. The smallest absolute Gasteiger partial charge is 0.316 e. The average Bonchev–Trinajstić information content (AvgIpc) is 2.42. The molecule has 0 aromatic carbocycles. The number of rotatable bonds is 6. The molecule has 1 aromatic heterocycles. The Morgan fingerprint density at radius 3 is 2.61 bits per heavy atom. The van der Waals surface area contributed by atoms with E-state index in [0.717, 1.165) is 25.9 Å². The lowest BCUT2D eigenvalue weighted by molar-refractivity contribution is 0.0919. The molecule has 0 atom stereocenters. The number of hydrogen-bond donors (Lipinski definition) is 0. The highest BCUT2D eigenvalue weighted by molar-refractivity contribution is 4.94. The Balaban J connectivity index is 1.67. The number of piperidine rings is 1. The van der Waals surface area contributed by atoms with Crippen molar-refractivity contribution in [3.63, 3.8) is 0 Å². The summed E-state index contributed by atoms with van der Waals surface area (Å²) < 4.78 is 5.78. The molecular formula is C14H23N3O. The molecule has 0 bridgehead atoms. The molecule has 1 aliphatic heterocycles. The number of likely N-dealkylation sites (tertiary alicyclic amines) is 1. The Hall–Kier alpha value is -1.16. The maximum absolute atomic E-state index is 5.78. The third kappa shape index (κ3) is 4.26. The van der Waals surface area contributed by atoms with Crippen LogP contribution in [0.25, 0.3) is 0 Å². The minimum Gasteiger partial charge on any atom is -0.460 e. The van der Waals surface area contributed by atoms with Gasteiger partial charge in [0.15, 0.2) is 0 Å². The number of unbranched alkanes of at least 4 members (excludes halogenated alkanes) is 2. The second-order valence-corrected chi connectivity index (χ2v) is 4.90. The fraction of sp³-hybridized carbons (Fsp3) is 0.714. The van der Waals surface area contributed by atoms with Crippen LogP contribution in [-0.4, -0.2) is 40.6 Å². The first-order chi connectivity index (χ1) is 8.88. The fourth-order valence-corrected chi connectivity index (χ4v) is 2.33. The largest absolute Gasteiger partial charge is 0.460 e. The molecule has 0 saturated carbocycles. The molecule has 100 valence electrons. The molecule has 1 saturated heterocycles. The number of aromatic nitrogens is 2. The lowest BCUT2D eigenvalue weighted by Crippen LogP contribution is -2.38. The van der Waals surface area contributed by atoms with Crippen molar-refractivity contribution in [3.05, 3.63) is 18.5 Å². The normalized spacial score (nSPS) is 17.8. The highest BCUT2D eigenvalue weighted by Gasteiger charge is 2.20. The number of ether oxygens (including phenoxy) is 1. The van der Waals surface area contributed by atoms with E-state index in [1.807, 2.05) is 6.07 Å². The van der Waals surface area contributed by atoms with Crippen LogP contribution < -0.4 is 4.74 Å². The first-order valence-corrected chi connectivity index (χ1v) is 7.04. The molecule has 1 aromatic rings. The van der Waals surface area contributed by atoms with Crippen molar-refractivity contribution >= 4 is 0 Å². The van der Waals surface area contributed by atoms with Gasteiger partial charge in [0.25, 0.3) is 0 Å². The van der Waals surface area contributed by atoms with Crippen molar-refractivity contribution in [3.8, 4) is 6.01 Å². The molecule has 0 N–H and O–H groups in total. The highest BCUT2D eigenvalue weighted by atomic mass is 16.5. The molecule has 2 heterocycles. The zero-order valence-corrected chi connectivity index (χ0v) is 11.2. The van der Waals surface area contributed by atoms with Crippen LogP contribution in [-0.2, 0) is 0 Å². The van der Waals surface area contributed by atoms with Crippen LogP contribution >= 0.6 is 0 Å². The molecule has 2 rings (SSSR count). The van der Waals surface area contributed by atoms with E-state index in [-0.39, 0.29) is 6.10 Å². The zero-order chi connectivity index (χ0) is 12.6. The SMILES string of the molecule is CCCCCN1CCC(Oc2ncccn2)CC1. The minimum absolute atomic E-state index is 0.287. The van der Waals surface area contributed by atoms with E-state index in [0.29, 0.717) is 6.01 Å². The molecule has 4 nitrogen and oxygen atoms in total. The molecule has 0 amide bonds. The van der Waals surface area contributed by atoms with Crippen molar-refractivity contribution in [1.29, 1.82) is 0 Å². The van der Waals surface area contributed by atoms with Crippen LogP contribution in [0.3, 0.4) is 0 Å². The van der Waals surface area contributed by atoms with Crippen LogP contribution in [0.2, 0.25) is 0 Å². The van der Waals surface area contributed by atoms with Gasteiger partial charge in [-0.05, 0) is 31.9 Å². The molecule has 0 aliphatic carbocycles. The summed E-state index contributed by atoms with van der Waals surface area (Å²) in [5.41, 5.74) is 0. The van der Waals surface area contributed by atoms with Gasteiger partial charge < -0.3 is 9.64 Å². The van der Waals surface area contributed by atoms with Crippen LogP contribution in [0, 0.1) is 0 Å². The molecule has 0 spiro atoms. The van der Waals surface area contributed by atoms with Gasteiger partial charge in [0.1, 0.15) is 6.10 Å². The minimum atomic E-state index is 0.287. The topological polar surface area (TPSA) is 38.2 Å². The van der Waals surface area contributed by atoms with E-state index in [4.69, 9.17) is 4.74 Å². The second kappa shape index (κ2) is 7.31. The maximum atomic E-state index is 5.78. The van der Waals surface area contributed by atoms with Crippen LogP contribution in [0.15, 0.2) is 18.5 Å². The van der Waals surface area contributed by atoms with E-state index in [2.05, 4.69) is 21.8 Å². The van der Waals surface area contributed by atoms with Crippen molar-refractivity contribution in [1.82, 2.24) is 14.9 Å². The first-order valence-electron chi connectivity index (χ1n) is 7.04. The van der Waals surface area contributed by atoms with Crippen molar-refractivity contribution in [2.75, 3.05) is 19.6 Å². The Morgan fingerprint density at radius 1 is 1.22 bits per heavy atom. The van der Waals surface area contributed by atoms with Gasteiger partial charge in [-0.1, -0.05) is 19.8 Å². The summed E-state index contributed by atoms with van der Waals surface area (Å²) in [6, 6.07) is 2.32. The molecule has 1 fully saturated rings. The Labute approximate surface area is 109 Å². The molecular weight excluding hydrogens is 226 g/mol. The van der Waals surface area contributed by atoms with E-state index in [1.54, 1.807) is 12.4 Å². The predicted octanol–water partition coefficient (Wildman–Crippen LogP) is 2.51. The summed E-state index contributed by atoms with van der Waals surface area (Å²) >= 11 is 0. The van der Waals surface area contributed by atoms with Gasteiger partial charge in [0.2, 0.25) is 0 Å². The summed E-state index contributed by atoms with van der Waals surface area (Å²) in [6.45, 7) is 5.77. The lowest BCUT2D eigenvalue weighted by Gasteiger charge is -2.31. The maximum Gasteiger partial charge on any atom is 0.316 e. The number of hydrogen-bond acceptors (Lipinski definition) is 4. The predicted molar refractivity (Wildman–Crippen MR) is 71.6 cm³/mol. The Bertz CT molecular complexity index is 323. The quantitative estimate of drug-likeness (QED) is 0.726. The van der Waals surface area contributed by atoms with Crippen molar-refractivity contribution in [2.45, 2.75) is 45.1 Å². The standard InChI is InChI=1S/C14H23N3O/c1-2-3-4-10-17-11-6-13(7-12-17)18-14-15-8-5-9-16-14/h5,8-9,13H,2-4,6-7,10-12H2,1H3. The third-order valence-corrected chi connectivity index (χ3v) is 3.43. The highest BCUT2D eigenvalue weighted by Crippen LogP contribution is 2.15. The summed E-state index contributed by atoms with van der Waals surface area (Å²) in [4.78, 5) is 10.8. The van der Waals surface area contributed by atoms with Gasteiger partial charge in [-0.3, -0.25) is 0 Å². The summed E-state index contributed by atoms with van der Waals surface area (Å²) in [7, 11) is 0. The third-order valence-electron chi connectivity index (χ3n) is 3.43. The van der Waals surface area contributed by atoms with Gasteiger partial charge in [0.05, 0.1) is 0 Å². The van der Waals surface area contributed by atoms with Gasteiger partial charge in [0, 0.05) is 25.5 Å². The fourth-order valence-electron chi connectivity index (χ4n) is 2.33. The van der Waals surface area contributed by atoms with Gasteiger partial charge in [-0.15, -0.1) is 0 Å².